The molecule has 0 saturated heterocycles. The summed E-state index contributed by atoms with van der Waals surface area (Å²) in [6.45, 7) is 2.81. The highest BCUT2D eigenvalue weighted by molar-refractivity contribution is 6.99. The number of anilines is 1. The van der Waals surface area contributed by atoms with Gasteiger partial charge in [0.25, 0.3) is 0 Å². The van der Waals surface area contributed by atoms with Gasteiger partial charge in [-0.1, -0.05) is 11.6 Å². The Kier molecular flexibility index (Phi) is 2.24. The Hall–Kier alpha value is -0.350. The van der Waals surface area contributed by atoms with Crippen molar-refractivity contribution in [2.45, 2.75) is 6.92 Å². The van der Waals surface area contributed by atoms with E-state index >= 15 is 0 Å². The van der Waals surface area contributed by atoms with Gasteiger partial charge < -0.3 is 5.32 Å². The molecule has 0 spiro atoms. The summed E-state index contributed by atoms with van der Waals surface area (Å²) < 4.78 is 7.66. The van der Waals surface area contributed by atoms with E-state index in [0.29, 0.717) is 11.0 Å². The molecule has 0 unspecified atom stereocenters. The molecular weight excluding hydrogens is 158 g/mol. The van der Waals surface area contributed by atoms with Gasteiger partial charge in [-0.3, -0.25) is 0 Å². The van der Waals surface area contributed by atoms with Crippen LogP contribution in [0.25, 0.3) is 0 Å². The average molecular weight is 164 g/mol. The first-order valence-corrected chi connectivity index (χ1v) is 3.67. The first-order valence-electron chi connectivity index (χ1n) is 2.56. The molecule has 1 rings (SSSR count). The average Bonchev–Trinajstić information content (AvgIpc) is 2.18. The van der Waals surface area contributed by atoms with Crippen LogP contribution in [0, 0.1) is 0 Å². The third-order valence-electron chi connectivity index (χ3n) is 0.793. The zero-order valence-electron chi connectivity index (χ0n) is 4.89. The Morgan fingerprint density at radius 2 is 2.44 bits per heavy atom. The van der Waals surface area contributed by atoms with Crippen molar-refractivity contribution in [1.29, 1.82) is 0 Å². The molecule has 1 aromatic heterocycles. The van der Waals surface area contributed by atoms with Crippen LogP contribution >= 0.6 is 23.3 Å². The van der Waals surface area contributed by atoms with Gasteiger partial charge in [-0.05, 0) is 6.92 Å². The van der Waals surface area contributed by atoms with E-state index in [4.69, 9.17) is 11.6 Å². The Morgan fingerprint density at radius 1 is 1.67 bits per heavy atom. The maximum absolute atomic E-state index is 5.59. The second kappa shape index (κ2) is 2.98. The number of hydrogen-bond donors (Lipinski definition) is 1. The van der Waals surface area contributed by atoms with Gasteiger partial charge in [0, 0.05) is 6.54 Å². The first kappa shape index (κ1) is 6.77. The quantitative estimate of drug-likeness (QED) is 0.720. The monoisotopic (exact) mass is 163 g/mol. The molecular formula is C4H6ClN3S. The van der Waals surface area contributed by atoms with Gasteiger partial charge in [0.05, 0.1) is 11.7 Å². The van der Waals surface area contributed by atoms with E-state index in [1.54, 1.807) is 0 Å². The number of hydrogen-bond acceptors (Lipinski definition) is 4. The highest BCUT2D eigenvalue weighted by Crippen LogP contribution is 2.16. The summed E-state index contributed by atoms with van der Waals surface area (Å²) in [5.74, 6) is 0.684. The largest absolute Gasteiger partial charge is 0.367 e. The van der Waals surface area contributed by atoms with E-state index in [-0.39, 0.29) is 0 Å². The van der Waals surface area contributed by atoms with Gasteiger partial charge in [-0.15, -0.1) is 0 Å². The third kappa shape index (κ3) is 1.53. The van der Waals surface area contributed by atoms with Gasteiger partial charge in [0.2, 0.25) is 0 Å². The van der Waals surface area contributed by atoms with Crippen molar-refractivity contribution in [3.8, 4) is 0 Å². The predicted molar refractivity (Wildman–Crippen MR) is 39.1 cm³/mol. The van der Waals surface area contributed by atoms with Gasteiger partial charge in [-0.2, -0.15) is 8.75 Å². The third-order valence-corrected chi connectivity index (χ3v) is 1.68. The van der Waals surface area contributed by atoms with Crippen molar-refractivity contribution < 1.29 is 0 Å². The Bertz CT molecular complexity index is 188. The van der Waals surface area contributed by atoms with Gasteiger partial charge in [-0.25, -0.2) is 0 Å². The molecule has 0 bridgehead atoms. The van der Waals surface area contributed by atoms with Crippen molar-refractivity contribution in [2.75, 3.05) is 11.9 Å². The molecule has 0 aromatic carbocycles. The summed E-state index contributed by atoms with van der Waals surface area (Å²) in [7, 11) is 0. The van der Waals surface area contributed by atoms with Crippen LogP contribution in [0.4, 0.5) is 5.82 Å². The van der Waals surface area contributed by atoms with Crippen LogP contribution in [0.15, 0.2) is 0 Å². The molecule has 0 aliphatic heterocycles. The van der Waals surface area contributed by atoms with Gasteiger partial charge in [0.15, 0.2) is 11.0 Å². The van der Waals surface area contributed by atoms with Crippen LogP contribution in [-0.4, -0.2) is 15.3 Å². The molecule has 5 heteroatoms. The molecule has 0 fully saturated rings. The number of nitrogens with one attached hydrogen (secondary N) is 1. The standard InChI is InChI=1S/C4H6ClN3S/c1-2-6-4-3(5)7-9-8-4/h2H2,1H3,(H,6,8). The van der Waals surface area contributed by atoms with Crippen molar-refractivity contribution in [1.82, 2.24) is 8.75 Å². The summed E-state index contributed by atoms with van der Waals surface area (Å²) in [6, 6.07) is 0. The molecule has 0 aliphatic rings. The minimum Gasteiger partial charge on any atom is -0.367 e. The minimum absolute atomic E-state index is 0.460. The minimum atomic E-state index is 0.460. The maximum Gasteiger partial charge on any atom is 0.186 e. The van der Waals surface area contributed by atoms with Crippen molar-refractivity contribution in [3.05, 3.63) is 5.15 Å². The fraction of sp³-hybridized carbons (Fsp3) is 0.500. The number of halogens is 1. The fourth-order valence-corrected chi connectivity index (χ4v) is 1.13. The molecule has 9 heavy (non-hydrogen) atoms. The predicted octanol–water partition coefficient (Wildman–Crippen LogP) is 1.62. The summed E-state index contributed by atoms with van der Waals surface area (Å²) in [6.07, 6.45) is 0. The van der Waals surface area contributed by atoms with Crippen molar-refractivity contribution >= 4 is 29.1 Å². The van der Waals surface area contributed by atoms with Crippen LogP contribution in [0.3, 0.4) is 0 Å². The lowest BCUT2D eigenvalue weighted by Crippen LogP contribution is -1.96. The van der Waals surface area contributed by atoms with Gasteiger partial charge in [0.1, 0.15) is 0 Å². The maximum atomic E-state index is 5.59. The Morgan fingerprint density at radius 3 is 2.89 bits per heavy atom. The van der Waals surface area contributed by atoms with Crippen molar-refractivity contribution in [3.63, 3.8) is 0 Å². The molecule has 1 heterocycles. The highest BCUT2D eigenvalue weighted by atomic mass is 35.5. The van der Waals surface area contributed by atoms with E-state index < -0.39 is 0 Å². The fourth-order valence-electron chi connectivity index (χ4n) is 0.451. The first-order chi connectivity index (χ1) is 4.34. The number of nitrogens with zero attached hydrogens (tertiary/aromatic N) is 2. The van der Waals surface area contributed by atoms with Crippen LogP contribution in [0.1, 0.15) is 6.92 Å². The summed E-state index contributed by atoms with van der Waals surface area (Å²) in [5.41, 5.74) is 0. The van der Waals surface area contributed by atoms with E-state index in [0.717, 1.165) is 18.3 Å². The normalized spacial score (nSPS) is 9.56. The van der Waals surface area contributed by atoms with Crippen LogP contribution in [0.2, 0.25) is 5.15 Å². The molecule has 0 radical (unpaired) electrons. The van der Waals surface area contributed by atoms with E-state index in [2.05, 4.69) is 14.1 Å². The molecule has 0 atom stereocenters. The summed E-state index contributed by atoms with van der Waals surface area (Å²) in [4.78, 5) is 0. The van der Waals surface area contributed by atoms with E-state index in [1.165, 1.54) is 0 Å². The lowest BCUT2D eigenvalue weighted by molar-refractivity contribution is 1.19. The highest BCUT2D eigenvalue weighted by Gasteiger charge is 2.00. The molecule has 50 valence electrons. The van der Waals surface area contributed by atoms with Crippen LogP contribution in [-0.2, 0) is 0 Å². The Balaban J connectivity index is 2.69. The lowest BCUT2D eigenvalue weighted by Gasteiger charge is -1.93. The second-order valence-electron chi connectivity index (χ2n) is 1.43. The SMILES string of the molecule is CCNc1nsnc1Cl. The van der Waals surface area contributed by atoms with Crippen LogP contribution < -0.4 is 5.32 Å². The lowest BCUT2D eigenvalue weighted by atomic mass is 10.7. The smallest absolute Gasteiger partial charge is 0.186 e. The zero-order chi connectivity index (χ0) is 6.69. The number of rotatable bonds is 2. The topological polar surface area (TPSA) is 37.8 Å². The zero-order valence-corrected chi connectivity index (χ0v) is 6.46. The molecule has 0 aliphatic carbocycles. The molecule has 1 aromatic rings. The van der Waals surface area contributed by atoms with E-state index in [9.17, 15) is 0 Å². The summed E-state index contributed by atoms with van der Waals surface area (Å²) >= 11 is 6.70. The molecule has 0 saturated carbocycles. The van der Waals surface area contributed by atoms with Crippen LogP contribution in [0.5, 0.6) is 0 Å². The van der Waals surface area contributed by atoms with E-state index in [1.807, 2.05) is 6.92 Å². The van der Waals surface area contributed by atoms with Gasteiger partial charge >= 0.3 is 0 Å². The summed E-state index contributed by atoms with van der Waals surface area (Å²) in [5, 5.41) is 3.42. The molecule has 3 nitrogen and oxygen atoms in total. The second-order valence-corrected chi connectivity index (χ2v) is 2.32. The van der Waals surface area contributed by atoms with Crippen molar-refractivity contribution in [2.24, 2.45) is 0 Å². The Labute approximate surface area is 62.4 Å². The molecule has 0 amide bonds. The molecule has 1 N–H and O–H groups in total. The number of aromatic nitrogens is 2.